The molecule has 1 heterocycles. The molecule has 27 heavy (non-hydrogen) atoms. The fraction of sp³-hybridized carbons (Fsp3) is 0.364. The molecule has 5 heteroatoms. The Labute approximate surface area is 169 Å². The van der Waals surface area contributed by atoms with Crippen LogP contribution >= 0.6 is 27.3 Å². The van der Waals surface area contributed by atoms with Crippen LogP contribution in [0.15, 0.2) is 40.9 Å². The Morgan fingerprint density at radius 2 is 1.93 bits per heavy atom. The Morgan fingerprint density at radius 1 is 1.07 bits per heavy atom. The summed E-state index contributed by atoms with van der Waals surface area (Å²) in [5, 5.41) is 3.33. The third-order valence-corrected chi connectivity index (χ3v) is 7.84. The first-order chi connectivity index (χ1) is 13.1. The smallest absolute Gasteiger partial charge is 0.309 e. The average molecular weight is 443 g/mol. The van der Waals surface area contributed by atoms with Gasteiger partial charge in [-0.05, 0) is 65.5 Å². The SMILES string of the molecule is O=C(COC(=O)[C@H]1C[C@@H]2CC[C@H]1C2)c1cc2ccc3cc(Br)ccc3c2s1. The summed E-state index contributed by atoms with van der Waals surface area (Å²) in [4.78, 5) is 25.6. The first-order valence-corrected chi connectivity index (χ1v) is 11.0. The Hall–Kier alpha value is -1.72. The van der Waals surface area contributed by atoms with Gasteiger partial charge in [0.25, 0.3) is 0 Å². The topological polar surface area (TPSA) is 43.4 Å². The van der Waals surface area contributed by atoms with E-state index in [1.54, 1.807) is 0 Å². The van der Waals surface area contributed by atoms with E-state index in [2.05, 4.69) is 34.1 Å². The van der Waals surface area contributed by atoms with E-state index in [-0.39, 0.29) is 24.3 Å². The third kappa shape index (κ3) is 3.11. The summed E-state index contributed by atoms with van der Waals surface area (Å²) in [5.41, 5.74) is 0. The van der Waals surface area contributed by atoms with Crippen LogP contribution in [0.3, 0.4) is 0 Å². The van der Waals surface area contributed by atoms with Gasteiger partial charge < -0.3 is 4.74 Å². The van der Waals surface area contributed by atoms with Crippen LogP contribution in [-0.4, -0.2) is 18.4 Å². The maximum atomic E-state index is 12.6. The van der Waals surface area contributed by atoms with Crippen molar-refractivity contribution >= 4 is 59.9 Å². The molecule has 2 aliphatic rings. The number of Topliss-reactive ketones (excluding diaryl/α,β-unsaturated/α-hetero) is 1. The first-order valence-electron chi connectivity index (χ1n) is 9.40. The van der Waals surface area contributed by atoms with Crippen LogP contribution in [-0.2, 0) is 9.53 Å². The second-order valence-electron chi connectivity index (χ2n) is 7.77. The van der Waals surface area contributed by atoms with Crippen LogP contribution in [0, 0.1) is 17.8 Å². The summed E-state index contributed by atoms with van der Waals surface area (Å²) in [6.45, 7) is -0.150. The molecule has 3 atom stereocenters. The van der Waals surface area contributed by atoms with Crippen LogP contribution in [0.4, 0.5) is 0 Å². The van der Waals surface area contributed by atoms with Crippen molar-refractivity contribution in [2.75, 3.05) is 6.61 Å². The molecular formula is C22H19BrO3S. The second kappa shape index (κ2) is 6.71. The Balaban J connectivity index is 1.33. The lowest BCUT2D eigenvalue weighted by molar-refractivity contribution is -0.149. The van der Waals surface area contributed by atoms with E-state index in [1.165, 1.54) is 17.8 Å². The number of carbonyl (C=O) groups excluding carboxylic acids is 2. The number of fused-ring (bicyclic) bond motifs is 5. The Kier molecular flexibility index (Phi) is 4.32. The monoisotopic (exact) mass is 442 g/mol. The van der Waals surface area contributed by atoms with Gasteiger partial charge in [0, 0.05) is 9.17 Å². The van der Waals surface area contributed by atoms with E-state index in [4.69, 9.17) is 4.74 Å². The molecule has 3 nitrogen and oxygen atoms in total. The highest BCUT2D eigenvalue weighted by atomic mass is 79.9. The van der Waals surface area contributed by atoms with Crippen molar-refractivity contribution in [3.8, 4) is 0 Å². The molecule has 2 bridgehead atoms. The molecule has 0 amide bonds. The van der Waals surface area contributed by atoms with Gasteiger partial charge in [-0.2, -0.15) is 0 Å². The average Bonchev–Trinajstić information content (AvgIpc) is 3.40. The summed E-state index contributed by atoms with van der Waals surface area (Å²) in [6, 6.07) is 12.2. The van der Waals surface area contributed by atoms with E-state index in [9.17, 15) is 9.59 Å². The molecule has 0 N–H and O–H groups in total. The van der Waals surface area contributed by atoms with Gasteiger partial charge in [0.05, 0.1) is 10.8 Å². The lowest BCUT2D eigenvalue weighted by Gasteiger charge is -2.19. The van der Waals surface area contributed by atoms with Gasteiger partial charge >= 0.3 is 5.97 Å². The minimum absolute atomic E-state index is 0.0151. The van der Waals surface area contributed by atoms with Crippen molar-refractivity contribution in [2.24, 2.45) is 17.8 Å². The van der Waals surface area contributed by atoms with Crippen molar-refractivity contribution < 1.29 is 14.3 Å². The first kappa shape index (κ1) is 17.4. The number of rotatable bonds is 4. The van der Waals surface area contributed by atoms with Crippen molar-refractivity contribution in [3.05, 3.63) is 45.7 Å². The molecular weight excluding hydrogens is 424 g/mol. The summed E-state index contributed by atoms with van der Waals surface area (Å²) >= 11 is 4.98. The van der Waals surface area contributed by atoms with Gasteiger partial charge in [-0.3, -0.25) is 9.59 Å². The number of esters is 1. The van der Waals surface area contributed by atoms with Gasteiger partial charge in [0.2, 0.25) is 5.78 Å². The normalized spacial score (nSPS) is 24.0. The van der Waals surface area contributed by atoms with Crippen molar-refractivity contribution in [1.29, 1.82) is 0 Å². The number of carbonyl (C=O) groups is 2. The molecule has 2 aromatic carbocycles. The molecule has 0 saturated heterocycles. The number of benzene rings is 2. The largest absolute Gasteiger partial charge is 0.457 e. The highest BCUT2D eigenvalue weighted by Crippen LogP contribution is 2.48. The molecule has 0 aliphatic heterocycles. The molecule has 2 fully saturated rings. The number of halogens is 1. The Morgan fingerprint density at radius 3 is 2.70 bits per heavy atom. The summed E-state index contributed by atoms with van der Waals surface area (Å²) in [5.74, 6) is 0.901. The van der Waals surface area contributed by atoms with Crippen LogP contribution < -0.4 is 0 Å². The Bertz CT molecular complexity index is 1070. The van der Waals surface area contributed by atoms with Crippen LogP contribution in [0.5, 0.6) is 0 Å². The zero-order valence-corrected chi connectivity index (χ0v) is 17.1. The highest BCUT2D eigenvalue weighted by molar-refractivity contribution is 9.10. The number of ketones is 1. The molecule has 0 radical (unpaired) electrons. The number of hydrogen-bond acceptors (Lipinski definition) is 4. The molecule has 0 unspecified atom stereocenters. The minimum Gasteiger partial charge on any atom is -0.457 e. The lowest BCUT2D eigenvalue weighted by Crippen LogP contribution is -2.25. The number of hydrogen-bond donors (Lipinski definition) is 0. The quantitative estimate of drug-likeness (QED) is 0.368. The zero-order chi connectivity index (χ0) is 18.5. The second-order valence-corrected chi connectivity index (χ2v) is 9.74. The number of ether oxygens (including phenoxy) is 1. The zero-order valence-electron chi connectivity index (χ0n) is 14.7. The summed E-state index contributed by atoms with van der Waals surface area (Å²) in [7, 11) is 0. The van der Waals surface area contributed by atoms with E-state index in [1.807, 2.05) is 18.2 Å². The van der Waals surface area contributed by atoms with Gasteiger partial charge in [-0.25, -0.2) is 0 Å². The predicted octanol–water partition coefficient (Wildman–Crippen LogP) is 5.98. The van der Waals surface area contributed by atoms with Crippen LogP contribution in [0.1, 0.15) is 35.4 Å². The van der Waals surface area contributed by atoms with Gasteiger partial charge in [-0.1, -0.05) is 40.5 Å². The molecule has 0 spiro atoms. The maximum absolute atomic E-state index is 12.6. The van der Waals surface area contributed by atoms with Crippen molar-refractivity contribution in [2.45, 2.75) is 25.7 Å². The molecule has 2 aliphatic carbocycles. The van der Waals surface area contributed by atoms with E-state index in [0.717, 1.165) is 44.6 Å². The van der Waals surface area contributed by atoms with Crippen LogP contribution in [0.25, 0.3) is 20.9 Å². The van der Waals surface area contributed by atoms with Crippen molar-refractivity contribution in [1.82, 2.24) is 0 Å². The number of thiophene rings is 1. The maximum Gasteiger partial charge on any atom is 0.309 e. The minimum atomic E-state index is -0.174. The van der Waals surface area contributed by atoms with Gasteiger partial charge in [-0.15, -0.1) is 11.3 Å². The standard InChI is InChI=1S/C22H19BrO3S/c23-16-5-6-17-14(9-16)3-4-15-10-20(27-21(15)17)19(24)11-26-22(25)18-8-12-1-2-13(18)7-12/h3-6,9-10,12-13,18H,1-2,7-8,11H2/t12-,13+,18+/m1/s1. The highest BCUT2D eigenvalue weighted by Gasteiger charge is 2.44. The van der Waals surface area contributed by atoms with E-state index in [0.29, 0.717) is 16.7 Å². The predicted molar refractivity (Wildman–Crippen MR) is 111 cm³/mol. The summed E-state index contributed by atoms with van der Waals surface area (Å²) in [6.07, 6.45) is 4.49. The molecule has 138 valence electrons. The fourth-order valence-electron chi connectivity index (χ4n) is 4.78. The lowest BCUT2D eigenvalue weighted by atomic mass is 9.89. The van der Waals surface area contributed by atoms with Gasteiger partial charge in [0.1, 0.15) is 0 Å². The van der Waals surface area contributed by atoms with Crippen LogP contribution in [0.2, 0.25) is 0 Å². The molecule has 2 saturated carbocycles. The molecule has 1 aromatic heterocycles. The summed E-state index contributed by atoms with van der Waals surface area (Å²) < 4.78 is 7.54. The fourth-order valence-corrected chi connectivity index (χ4v) is 6.28. The van der Waals surface area contributed by atoms with Gasteiger partial charge in [0.15, 0.2) is 6.61 Å². The van der Waals surface area contributed by atoms with Crippen molar-refractivity contribution in [3.63, 3.8) is 0 Å². The van der Waals surface area contributed by atoms with E-state index < -0.39 is 0 Å². The third-order valence-electron chi connectivity index (χ3n) is 6.12. The van der Waals surface area contributed by atoms with E-state index >= 15 is 0 Å². The molecule has 5 rings (SSSR count). The molecule has 3 aromatic rings.